The number of nitrogens with one attached hydrogen (secondary N) is 1. The molecule has 0 amide bonds. The Hall–Kier alpha value is -2.30. The number of esters is 2. The van der Waals surface area contributed by atoms with E-state index in [2.05, 4.69) is 10.1 Å². The fourth-order valence-electron chi connectivity index (χ4n) is 1.89. The zero-order chi connectivity index (χ0) is 13.8. The van der Waals surface area contributed by atoms with E-state index in [1.807, 2.05) is 37.3 Å². The first-order valence-corrected chi connectivity index (χ1v) is 5.93. The van der Waals surface area contributed by atoms with Crippen LogP contribution in [0.5, 0.6) is 0 Å². The number of rotatable bonds is 4. The predicted octanol–water partition coefficient (Wildman–Crippen LogP) is 1.32. The van der Waals surface area contributed by atoms with Crippen LogP contribution in [0, 0.1) is 0 Å². The summed E-state index contributed by atoms with van der Waals surface area (Å²) < 4.78 is 9.50. The van der Waals surface area contributed by atoms with Crippen molar-refractivity contribution in [3.8, 4) is 0 Å². The molecule has 0 aromatic heterocycles. The smallest absolute Gasteiger partial charge is 0.353 e. The van der Waals surface area contributed by atoms with Gasteiger partial charge in [0.15, 0.2) is 0 Å². The number of carbonyl (C=O) groups is 2. The fraction of sp³-hybridized carbons (Fsp3) is 0.286. The number of cyclic esters (lactones) is 1. The van der Waals surface area contributed by atoms with E-state index in [1.54, 1.807) is 0 Å². The molecule has 100 valence electrons. The number of hydrogen-bond donors (Lipinski definition) is 1. The largest absolute Gasteiger partial charge is 0.466 e. The van der Waals surface area contributed by atoms with Gasteiger partial charge in [0.2, 0.25) is 6.10 Å². The summed E-state index contributed by atoms with van der Waals surface area (Å²) in [5, 5.41) is 3.11. The number of hydrogen-bond acceptors (Lipinski definition) is 5. The summed E-state index contributed by atoms with van der Waals surface area (Å²) in [5.74, 6) is -1.14. The molecule has 1 aliphatic rings. The second kappa shape index (κ2) is 5.56. The number of ether oxygens (including phenoxy) is 2. The zero-order valence-corrected chi connectivity index (χ0v) is 10.8. The van der Waals surface area contributed by atoms with E-state index in [0.717, 1.165) is 5.56 Å². The highest BCUT2D eigenvalue weighted by Crippen LogP contribution is 2.20. The van der Waals surface area contributed by atoms with Crippen molar-refractivity contribution < 1.29 is 19.1 Å². The molecular weight excluding hydrogens is 246 g/mol. The summed E-state index contributed by atoms with van der Waals surface area (Å²) in [6.07, 6.45) is 0.282. The van der Waals surface area contributed by atoms with Crippen molar-refractivity contribution in [1.82, 2.24) is 5.32 Å². The third-order valence-corrected chi connectivity index (χ3v) is 2.89. The first-order valence-electron chi connectivity index (χ1n) is 5.93. The molecule has 1 aromatic rings. The van der Waals surface area contributed by atoms with Crippen LogP contribution in [-0.4, -0.2) is 25.2 Å². The Morgan fingerprint density at radius 1 is 1.37 bits per heavy atom. The lowest BCUT2D eigenvalue weighted by molar-refractivity contribution is -0.158. The Morgan fingerprint density at radius 3 is 2.68 bits per heavy atom. The first-order chi connectivity index (χ1) is 9.11. The zero-order valence-electron chi connectivity index (χ0n) is 10.8. The molecule has 1 heterocycles. The Balaban J connectivity index is 2.11. The van der Waals surface area contributed by atoms with E-state index in [0.29, 0.717) is 5.70 Å². The highest BCUT2D eigenvalue weighted by Gasteiger charge is 2.34. The van der Waals surface area contributed by atoms with E-state index in [1.165, 1.54) is 13.2 Å². The number of benzene rings is 1. The fourth-order valence-corrected chi connectivity index (χ4v) is 1.89. The van der Waals surface area contributed by atoms with Crippen molar-refractivity contribution in [2.45, 2.75) is 19.1 Å². The average Bonchev–Trinajstić information content (AvgIpc) is 2.79. The minimum atomic E-state index is -0.997. The van der Waals surface area contributed by atoms with E-state index < -0.39 is 18.0 Å². The monoisotopic (exact) mass is 261 g/mol. The molecule has 0 saturated heterocycles. The molecule has 0 spiro atoms. The van der Waals surface area contributed by atoms with Gasteiger partial charge in [-0.15, -0.1) is 0 Å². The summed E-state index contributed by atoms with van der Waals surface area (Å²) in [4.78, 5) is 22.8. The predicted molar refractivity (Wildman–Crippen MR) is 68.0 cm³/mol. The highest BCUT2D eigenvalue weighted by molar-refractivity contribution is 5.92. The quantitative estimate of drug-likeness (QED) is 0.828. The summed E-state index contributed by atoms with van der Waals surface area (Å²) >= 11 is 0. The van der Waals surface area contributed by atoms with Gasteiger partial charge < -0.3 is 14.8 Å². The van der Waals surface area contributed by atoms with Crippen LogP contribution in [0.1, 0.15) is 18.5 Å². The van der Waals surface area contributed by atoms with E-state index in [9.17, 15) is 9.59 Å². The molecule has 19 heavy (non-hydrogen) atoms. The van der Waals surface area contributed by atoms with Crippen molar-refractivity contribution in [1.29, 1.82) is 0 Å². The lowest BCUT2D eigenvalue weighted by atomic mass is 10.1. The number of methoxy groups -OCH3 is 1. The third kappa shape index (κ3) is 2.93. The minimum Gasteiger partial charge on any atom is -0.466 e. The van der Waals surface area contributed by atoms with Crippen molar-refractivity contribution in [2.75, 3.05) is 7.11 Å². The summed E-state index contributed by atoms with van der Waals surface area (Å²) in [7, 11) is 1.26. The molecule has 0 saturated carbocycles. The first kappa shape index (κ1) is 13.1. The molecule has 5 heteroatoms. The summed E-state index contributed by atoms with van der Waals surface area (Å²) in [6.45, 7) is 1.94. The Morgan fingerprint density at radius 2 is 2.05 bits per heavy atom. The van der Waals surface area contributed by atoms with Gasteiger partial charge in [0, 0.05) is 12.1 Å². The molecule has 2 rings (SSSR count). The lowest BCUT2D eigenvalue weighted by Crippen LogP contribution is -2.32. The van der Waals surface area contributed by atoms with Crippen LogP contribution < -0.4 is 5.32 Å². The van der Waals surface area contributed by atoms with Crippen molar-refractivity contribution in [2.24, 2.45) is 0 Å². The van der Waals surface area contributed by atoms with Gasteiger partial charge in [-0.1, -0.05) is 30.3 Å². The molecule has 0 radical (unpaired) electrons. The van der Waals surface area contributed by atoms with Crippen LogP contribution in [0.3, 0.4) is 0 Å². The van der Waals surface area contributed by atoms with Crippen molar-refractivity contribution in [3.05, 3.63) is 47.7 Å². The van der Waals surface area contributed by atoms with Crippen molar-refractivity contribution >= 4 is 11.9 Å². The average molecular weight is 261 g/mol. The highest BCUT2D eigenvalue weighted by atomic mass is 16.6. The molecular formula is C14H15NO4. The van der Waals surface area contributed by atoms with E-state index >= 15 is 0 Å². The normalized spacial score (nSPS) is 19.4. The maximum absolute atomic E-state index is 11.5. The van der Waals surface area contributed by atoms with Crippen LogP contribution >= 0.6 is 0 Å². The number of carbonyl (C=O) groups excluding carboxylic acids is 2. The molecule has 0 fully saturated rings. The lowest BCUT2D eigenvalue weighted by Gasteiger charge is -2.19. The van der Waals surface area contributed by atoms with E-state index in [4.69, 9.17) is 4.74 Å². The Labute approximate surface area is 111 Å². The van der Waals surface area contributed by atoms with Gasteiger partial charge >= 0.3 is 11.9 Å². The van der Waals surface area contributed by atoms with E-state index in [-0.39, 0.29) is 6.04 Å². The van der Waals surface area contributed by atoms with Gasteiger partial charge in [-0.25, -0.2) is 9.59 Å². The second-order valence-corrected chi connectivity index (χ2v) is 4.22. The van der Waals surface area contributed by atoms with Gasteiger partial charge in [0.05, 0.1) is 12.8 Å². The van der Waals surface area contributed by atoms with Crippen LogP contribution in [-0.2, 0) is 19.1 Å². The molecule has 0 bridgehead atoms. The van der Waals surface area contributed by atoms with Gasteiger partial charge in [-0.05, 0) is 12.5 Å². The second-order valence-electron chi connectivity index (χ2n) is 4.22. The molecule has 1 N–H and O–H groups in total. The summed E-state index contributed by atoms with van der Waals surface area (Å²) in [5.41, 5.74) is 1.47. The third-order valence-electron chi connectivity index (χ3n) is 2.89. The van der Waals surface area contributed by atoms with Gasteiger partial charge in [-0.3, -0.25) is 0 Å². The summed E-state index contributed by atoms with van der Waals surface area (Å²) in [6, 6.07) is 9.65. The molecule has 1 unspecified atom stereocenters. The molecule has 1 aliphatic heterocycles. The van der Waals surface area contributed by atoms with Crippen LogP contribution in [0.2, 0.25) is 0 Å². The van der Waals surface area contributed by atoms with Crippen LogP contribution in [0.4, 0.5) is 0 Å². The molecule has 5 nitrogen and oxygen atoms in total. The maximum atomic E-state index is 11.5. The van der Waals surface area contributed by atoms with Crippen molar-refractivity contribution in [3.63, 3.8) is 0 Å². The molecule has 1 aromatic carbocycles. The standard InChI is InChI=1S/C14H15NO4/c1-9(10-6-4-3-5-7-10)15-11-8-12(16)19-13(11)14(17)18-2/h3-9,13,15H,1-2H3/t9-,13?/m1/s1. The maximum Gasteiger partial charge on any atom is 0.353 e. The van der Waals surface area contributed by atoms with Gasteiger partial charge in [-0.2, -0.15) is 0 Å². The Kier molecular flexibility index (Phi) is 3.85. The topological polar surface area (TPSA) is 64.6 Å². The Bertz CT molecular complexity index is 509. The SMILES string of the molecule is COC(=O)C1OC(=O)C=C1N[C@H](C)c1ccccc1. The minimum absolute atomic E-state index is 0.0471. The van der Waals surface area contributed by atoms with Gasteiger partial charge in [0.25, 0.3) is 0 Å². The van der Waals surface area contributed by atoms with Crippen LogP contribution in [0.25, 0.3) is 0 Å². The van der Waals surface area contributed by atoms with Crippen LogP contribution in [0.15, 0.2) is 42.1 Å². The van der Waals surface area contributed by atoms with Gasteiger partial charge in [0.1, 0.15) is 0 Å². The molecule has 0 aliphatic carbocycles. The molecule has 2 atom stereocenters.